The van der Waals surface area contributed by atoms with Crippen LogP contribution in [0.1, 0.15) is 5.56 Å². The third kappa shape index (κ3) is 2.30. The van der Waals surface area contributed by atoms with Crippen molar-refractivity contribution in [2.75, 3.05) is 14.2 Å². The van der Waals surface area contributed by atoms with Crippen molar-refractivity contribution in [3.05, 3.63) is 22.7 Å². The number of hydrogen-bond donors (Lipinski definition) is 0. The number of ether oxygens (including phenoxy) is 2. The molecule has 0 radical (unpaired) electrons. The van der Waals surface area contributed by atoms with E-state index in [1.165, 1.54) is 14.2 Å². The van der Waals surface area contributed by atoms with Crippen LogP contribution in [0.5, 0.6) is 11.8 Å². The SMILES string of the molecule is COc1nc2cc(Cl)cc(CBr)c2nc1OC. The molecule has 4 nitrogen and oxygen atoms in total. The maximum Gasteiger partial charge on any atom is 0.278 e. The van der Waals surface area contributed by atoms with E-state index in [1.807, 2.05) is 6.07 Å². The number of halogens is 2. The Morgan fingerprint density at radius 2 is 1.82 bits per heavy atom. The van der Waals surface area contributed by atoms with Gasteiger partial charge in [-0.25, -0.2) is 9.97 Å². The lowest BCUT2D eigenvalue weighted by molar-refractivity contribution is 0.334. The van der Waals surface area contributed by atoms with Crippen molar-refractivity contribution >= 4 is 38.6 Å². The molecule has 0 N–H and O–H groups in total. The number of aromatic nitrogens is 2. The fraction of sp³-hybridized carbons (Fsp3) is 0.273. The highest BCUT2D eigenvalue weighted by molar-refractivity contribution is 9.08. The van der Waals surface area contributed by atoms with E-state index in [4.69, 9.17) is 21.1 Å². The van der Waals surface area contributed by atoms with Gasteiger partial charge in [0.25, 0.3) is 11.8 Å². The third-order valence-electron chi connectivity index (χ3n) is 2.28. The maximum absolute atomic E-state index is 6.01. The monoisotopic (exact) mass is 316 g/mol. The van der Waals surface area contributed by atoms with Gasteiger partial charge >= 0.3 is 0 Å². The summed E-state index contributed by atoms with van der Waals surface area (Å²) in [7, 11) is 3.05. The first-order valence-corrected chi connectivity index (χ1v) is 6.33. The average molecular weight is 318 g/mol. The van der Waals surface area contributed by atoms with Crippen LogP contribution >= 0.6 is 27.5 Å². The second-order valence-electron chi connectivity index (χ2n) is 3.31. The Bertz CT molecular complexity index is 563. The van der Waals surface area contributed by atoms with E-state index in [0.29, 0.717) is 27.6 Å². The van der Waals surface area contributed by atoms with E-state index in [9.17, 15) is 0 Å². The van der Waals surface area contributed by atoms with Crippen LogP contribution in [-0.4, -0.2) is 24.2 Å². The van der Waals surface area contributed by atoms with Gasteiger partial charge in [-0.05, 0) is 17.7 Å². The fourth-order valence-electron chi connectivity index (χ4n) is 1.53. The summed E-state index contributed by atoms with van der Waals surface area (Å²) in [6.07, 6.45) is 0. The van der Waals surface area contributed by atoms with Crippen LogP contribution < -0.4 is 9.47 Å². The molecule has 1 aromatic carbocycles. The summed E-state index contributed by atoms with van der Waals surface area (Å²) in [5, 5.41) is 1.27. The molecule has 2 aromatic rings. The van der Waals surface area contributed by atoms with E-state index in [2.05, 4.69) is 25.9 Å². The Hall–Kier alpha value is -1.07. The van der Waals surface area contributed by atoms with Crippen molar-refractivity contribution < 1.29 is 9.47 Å². The van der Waals surface area contributed by atoms with Gasteiger partial charge in [-0.1, -0.05) is 27.5 Å². The summed E-state index contributed by atoms with van der Waals surface area (Å²) in [5.74, 6) is 0.715. The molecule has 0 saturated carbocycles. The number of rotatable bonds is 3. The average Bonchev–Trinajstić information content (AvgIpc) is 2.35. The van der Waals surface area contributed by atoms with Crippen molar-refractivity contribution in [3.8, 4) is 11.8 Å². The number of methoxy groups -OCH3 is 2. The summed E-state index contributed by atoms with van der Waals surface area (Å²) in [6.45, 7) is 0. The first kappa shape index (κ1) is 12.4. The van der Waals surface area contributed by atoms with Crippen LogP contribution in [0.2, 0.25) is 5.02 Å². The Balaban J connectivity index is 2.77. The summed E-state index contributed by atoms with van der Waals surface area (Å²) in [4.78, 5) is 8.70. The first-order valence-electron chi connectivity index (χ1n) is 4.83. The molecule has 0 amide bonds. The Labute approximate surface area is 112 Å². The minimum absolute atomic E-state index is 0.350. The lowest BCUT2D eigenvalue weighted by atomic mass is 10.2. The van der Waals surface area contributed by atoms with Gasteiger partial charge in [0.15, 0.2) is 0 Å². The molecule has 90 valence electrons. The highest BCUT2D eigenvalue weighted by Gasteiger charge is 2.12. The first-order chi connectivity index (χ1) is 8.19. The lowest BCUT2D eigenvalue weighted by Crippen LogP contribution is -1.99. The molecular weight excluding hydrogens is 307 g/mol. The number of nitrogens with zero attached hydrogens (tertiary/aromatic N) is 2. The van der Waals surface area contributed by atoms with Gasteiger partial charge < -0.3 is 9.47 Å². The molecule has 0 bridgehead atoms. The predicted molar refractivity (Wildman–Crippen MR) is 70.3 cm³/mol. The van der Waals surface area contributed by atoms with Crippen LogP contribution in [0.15, 0.2) is 12.1 Å². The molecule has 1 aromatic heterocycles. The Kier molecular flexibility index (Phi) is 3.69. The summed E-state index contributed by atoms with van der Waals surface area (Å²) in [6, 6.07) is 3.59. The normalized spacial score (nSPS) is 10.6. The largest absolute Gasteiger partial charge is 0.477 e. The molecular formula is C11H10BrClN2O2. The number of benzene rings is 1. The second kappa shape index (κ2) is 5.06. The zero-order valence-electron chi connectivity index (χ0n) is 9.33. The minimum atomic E-state index is 0.350. The number of hydrogen-bond acceptors (Lipinski definition) is 4. The highest BCUT2D eigenvalue weighted by Crippen LogP contribution is 2.29. The zero-order chi connectivity index (χ0) is 12.4. The summed E-state index contributed by atoms with van der Waals surface area (Å²) < 4.78 is 10.2. The highest BCUT2D eigenvalue weighted by atomic mass is 79.9. The Morgan fingerprint density at radius 3 is 2.41 bits per heavy atom. The van der Waals surface area contributed by atoms with Gasteiger partial charge in [-0.2, -0.15) is 0 Å². The van der Waals surface area contributed by atoms with E-state index in [0.717, 1.165) is 11.1 Å². The molecule has 0 aliphatic heterocycles. The summed E-state index contributed by atoms with van der Waals surface area (Å²) >= 11 is 9.41. The van der Waals surface area contributed by atoms with E-state index in [1.54, 1.807) is 6.07 Å². The van der Waals surface area contributed by atoms with Crippen molar-refractivity contribution in [2.45, 2.75) is 5.33 Å². The fourth-order valence-corrected chi connectivity index (χ4v) is 2.19. The van der Waals surface area contributed by atoms with Crippen molar-refractivity contribution in [3.63, 3.8) is 0 Å². The topological polar surface area (TPSA) is 44.2 Å². The van der Waals surface area contributed by atoms with Crippen LogP contribution in [0.4, 0.5) is 0 Å². The molecule has 0 fully saturated rings. The smallest absolute Gasteiger partial charge is 0.278 e. The van der Waals surface area contributed by atoms with Crippen LogP contribution in [-0.2, 0) is 5.33 Å². The van der Waals surface area contributed by atoms with Gasteiger partial charge in [-0.3, -0.25) is 0 Å². The lowest BCUT2D eigenvalue weighted by Gasteiger charge is -2.09. The molecule has 2 rings (SSSR count). The van der Waals surface area contributed by atoms with Crippen molar-refractivity contribution in [2.24, 2.45) is 0 Å². The van der Waals surface area contributed by atoms with Crippen LogP contribution in [0.25, 0.3) is 11.0 Å². The van der Waals surface area contributed by atoms with Crippen molar-refractivity contribution in [1.82, 2.24) is 9.97 Å². The third-order valence-corrected chi connectivity index (χ3v) is 3.10. The van der Waals surface area contributed by atoms with Gasteiger partial charge in [0, 0.05) is 10.4 Å². The predicted octanol–water partition coefficient (Wildman–Crippen LogP) is 3.20. The Morgan fingerprint density at radius 1 is 1.18 bits per heavy atom. The molecule has 0 aliphatic carbocycles. The molecule has 0 unspecified atom stereocenters. The molecule has 0 atom stereocenters. The van der Waals surface area contributed by atoms with Gasteiger partial charge in [0.2, 0.25) is 0 Å². The van der Waals surface area contributed by atoms with E-state index < -0.39 is 0 Å². The maximum atomic E-state index is 6.01. The van der Waals surface area contributed by atoms with Crippen LogP contribution in [0.3, 0.4) is 0 Å². The summed E-state index contributed by atoms with van der Waals surface area (Å²) in [5.41, 5.74) is 2.40. The minimum Gasteiger partial charge on any atom is -0.477 e. The molecule has 17 heavy (non-hydrogen) atoms. The van der Waals surface area contributed by atoms with E-state index >= 15 is 0 Å². The van der Waals surface area contributed by atoms with Gasteiger partial charge in [0.1, 0.15) is 0 Å². The molecule has 1 heterocycles. The second-order valence-corrected chi connectivity index (χ2v) is 4.31. The standard InChI is InChI=1S/C11H10BrClN2O2/c1-16-10-11(17-2)15-9-6(5-12)3-7(13)4-8(9)14-10/h3-4H,5H2,1-2H3. The van der Waals surface area contributed by atoms with Crippen molar-refractivity contribution in [1.29, 1.82) is 0 Å². The number of fused-ring (bicyclic) bond motifs is 1. The number of alkyl halides is 1. The zero-order valence-corrected chi connectivity index (χ0v) is 11.7. The molecule has 0 saturated heterocycles. The molecule has 6 heteroatoms. The van der Waals surface area contributed by atoms with Crippen LogP contribution in [0, 0.1) is 0 Å². The van der Waals surface area contributed by atoms with Gasteiger partial charge in [0.05, 0.1) is 25.3 Å². The van der Waals surface area contributed by atoms with Gasteiger partial charge in [-0.15, -0.1) is 0 Å². The van der Waals surface area contributed by atoms with E-state index in [-0.39, 0.29) is 0 Å². The molecule has 0 spiro atoms. The quantitative estimate of drug-likeness (QED) is 0.816. The molecule has 0 aliphatic rings.